The van der Waals surface area contributed by atoms with Gasteiger partial charge in [-0.15, -0.1) is 5.10 Å². The number of H-pyrrole nitrogens is 1. The van der Waals surface area contributed by atoms with Gasteiger partial charge in [-0.3, -0.25) is 15.2 Å². The van der Waals surface area contributed by atoms with Gasteiger partial charge in [-0.25, -0.2) is 9.78 Å². The van der Waals surface area contributed by atoms with E-state index in [1.807, 2.05) is 30.3 Å². The molecule has 4 rings (SSSR count). The highest BCUT2D eigenvalue weighted by Gasteiger charge is 2.19. The average molecular weight is 541 g/mol. The van der Waals surface area contributed by atoms with E-state index in [0.717, 1.165) is 16.7 Å². The highest BCUT2D eigenvalue weighted by Crippen LogP contribution is 2.37. The van der Waals surface area contributed by atoms with E-state index < -0.39 is 10.9 Å². The Hall–Kier alpha value is -3.80. The van der Waals surface area contributed by atoms with Crippen molar-refractivity contribution >= 4 is 52.9 Å². The lowest BCUT2D eigenvalue weighted by atomic mass is 10.2. The Balaban J connectivity index is 1.61. The van der Waals surface area contributed by atoms with Crippen molar-refractivity contribution < 1.29 is 19.6 Å². The number of carboxylic acids is 1. The molecule has 0 radical (unpaired) electrons. The molecule has 0 atom stereocenters. The lowest BCUT2D eigenvalue weighted by Gasteiger charge is -2.06. The molecule has 36 heavy (non-hydrogen) atoms. The van der Waals surface area contributed by atoms with Crippen LogP contribution in [-0.4, -0.2) is 38.3 Å². The predicted octanol–water partition coefficient (Wildman–Crippen LogP) is 6.41. The van der Waals surface area contributed by atoms with E-state index in [-0.39, 0.29) is 15.7 Å². The number of nitro benzene ring substituents is 1. The lowest BCUT2D eigenvalue weighted by molar-refractivity contribution is -0.387. The van der Waals surface area contributed by atoms with Gasteiger partial charge in [0.25, 0.3) is 5.69 Å². The van der Waals surface area contributed by atoms with E-state index in [0.29, 0.717) is 32.6 Å². The second-order valence-corrected chi connectivity index (χ2v) is 9.69. The van der Waals surface area contributed by atoms with E-state index in [9.17, 15) is 20.0 Å². The summed E-state index contributed by atoms with van der Waals surface area (Å²) in [6.07, 6.45) is 1.34. The number of benzene rings is 3. The Morgan fingerprint density at radius 3 is 2.64 bits per heavy atom. The third-order valence-corrected chi connectivity index (χ3v) is 6.93. The Morgan fingerprint density at radius 2 is 1.94 bits per heavy atom. The number of carboxylic acid groups (broad SMARTS) is 1. The first-order valence-electron chi connectivity index (χ1n) is 10.2. The molecule has 1 aromatic heterocycles. The van der Waals surface area contributed by atoms with Crippen LogP contribution in [0.15, 0.2) is 86.6 Å². The zero-order chi connectivity index (χ0) is 25.7. The number of nitrogens with one attached hydrogen (secondary N) is 1. The second kappa shape index (κ2) is 11.3. The normalized spacial score (nSPS) is 11.3. The summed E-state index contributed by atoms with van der Waals surface area (Å²) in [5.41, 5.74) is 0.796. The minimum atomic E-state index is -1.22. The monoisotopic (exact) mass is 540 g/mol. The fraction of sp³-hybridized carbons (Fsp3) is 0.0417. The molecule has 9 nitrogen and oxygen atoms in total. The van der Waals surface area contributed by atoms with Crippen LogP contribution in [0.25, 0.3) is 17.5 Å². The predicted molar refractivity (Wildman–Crippen MR) is 139 cm³/mol. The molecule has 0 saturated carbocycles. The van der Waals surface area contributed by atoms with Crippen LogP contribution in [0.5, 0.6) is 5.75 Å². The van der Waals surface area contributed by atoms with Crippen molar-refractivity contribution in [2.24, 2.45) is 0 Å². The topological polar surface area (TPSA) is 131 Å². The van der Waals surface area contributed by atoms with Crippen molar-refractivity contribution in [2.45, 2.75) is 14.9 Å². The van der Waals surface area contributed by atoms with Crippen molar-refractivity contribution in [2.75, 3.05) is 7.11 Å². The fourth-order valence-electron chi connectivity index (χ4n) is 3.13. The number of ether oxygens (including phenoxy) is 1. The Kier molecular flexibility index (Phi) is 7.93. The molecule has 0 aliphatic heterocycles. The maximum Gasteiger partial charge on any atom is 0.342 e. The summed E-state index contributed by atoms with van der Waals surface area (Å²) in [4.78, 5) is 28.7. The van der Waals surface area contributed by atoms with E-state index in [2.05, 4.69) is 15.2 Å². The van der Waals surface area contributed by atoms with Gasteiger partial charge in [0.2, 0.25) is 5.16 Å². The van der Waals surface area contributed by atoms with Gasteiger partial charge in [-0.1, -0.05) is 47.6 Å². The zero-order valence-corrected chi connectivity index (χ0v) is 20.9. The van der Waals surface area contributed by atoms with Gasteiger partial charge in [0.15, 0.2) is 5.82 Å². The summed E-state index contributed by atoms with van der Waals surface area (Å²) in [6.45, 7) is 0. The maximum absolute atomic E-state index is 11.9. The van der Waals surface area contributed by atoms with Crippen LogP contribution in [0.3, 0.4) is 0 Å². The largest absolute Gasteiger partial charge is 0.496 e. The molecule has 0 unspecified atom stereocenters. The number of aromatic nitrogens is 3. The fourth-order valence-corrected chi connectivity index (χ4v) is 4.93. The van der Waals surface area contributed by atoms with Crippen LogP contribution in [0.2, 0.25) is 5.02 Å². The number of halogens is 1. The minimum absolute atomic E-state index is 0.114. The summed E-state index contributed by atoms with van der Waals surface area (Å²) in [7, 11) is 1.51. The Bertz CT molecular complexity index is 1460. The van der Waals surface area contributed by atoms with Gasteiger partial charge in [0.05, 0.1) is 22.5 Å². The number of methoxy groups -OCH3 is 1. The van der Waals surface area contributed by atoms with Crippen LogP contribution < -0.4 is 4.74 Å². The number of aromatic amines is 1. The molecule has 12 heteroatoms. The summed E-state index contributed by atoms with van der Waals surface area (Å²) in [5, 5.41) is 28.9. The highest BCUT2D eigenvalue weighted by atomic mass is 35.5. The molecule has 4 aromatic rings. The van der Waals surface area contributed by atoms with Crippen molar-refractivity contribution in [1.82, 2.24) is 15.2 Å². The highest BCUT2D eigenvalue weighted by molar-refractivity contribution is 8.04. The van der Waals surface area contributed by atoms with Crippen LogP contribution in [-0.2, 0) is 4.79 Å². The van der Waals surface area contributed by atoms with E-state index in [1.165, 1.54) is 31.0 Å². The summed E-state index contributed by atoms with van der Waals surface area (Å²) >= 11 is 8.14. The number of aliphatic carboxylic acids is 1. The lowest BCUT2D eigenvalue weighted by Crippen LogP contribution is -1.98. The van der Waals surface area contributed by atoms with E-state index >= 15 is 0 Å². The first-order valence-corrected chi connectivity index (χ1v) is 12.3. The summed E-state index contributed by atoms with van der Waals surface area (Å²) in [5.74, 6) is -0.363. The van der Waals surface area contributed by atoms with Gasteiger partial charge >= 0.3 is 5.97 Å². The second-order valence-electron chi connectivity index (χ2n) is 7.13. The number of nitro groups is 1. The van der Waals surface area contributed by atoms with Gasteiger partial charge in [-0.2, -0.15) is 0 Å². The molecule has 0 fully saturated rings. The number of carbonyl (C=O) groups is 1. The Morgan fingerprint density at radius 1 is 1.17 bits per heavy atom. The molecule has 0 saturated heterocycles. The molecule has 2 N–H and O–H groups in total. The minimum Gasteiger partial charge on any atom is -0.496 e. The zero-order valence-electron chi connectivity index (χ0n) is 18.5. The standard InChI is InChI=1S/C24H17ClN4O5S2/c1-34-19-9-8-15(25)13-17(19)22-26-24(28-27-22)36-21(23(30)31)12-14-7-10-20(18(11-14)29(32)33)35-16-5-3-2-4-6-16/h2-13H,1H3,(H,30,31)(H,26,27,28)/b21-12+. The third-order valence-electron chi connectivity index (χ3n) is 4.74. The summed E-state index contributed by atoms with van der Waals surface area (Å²) < 4.78 is 5.32. The molecule has 182 valence electrons. The van der Waals surface area contributed by atoms with E-state index in [4.69, 9.17) is 16.3 Å². The van der Waals surface area contributed by atoms with Gasteiger partial charge in [0, 0.05) is 16.0 Å². The van der Waals surface area contributed by atoms with Crippen LogP contribution in [0.4, 0.5) is 5.69 Å². The number of nitrogens with zero attached hydrogens (tertiary/aromatic N) is 3. The van der Waals surface area contributed by atoms with E-state index in [1.54, 1.807) is 30.3 Å². The Labute approximate surface area is 218 Å². The quantitative estimate of drug-likeness (QED) is 0.107. The average Bonchev–Trinajstić information content (AvgIpc) is 3.33. The van der Waals surface area contributed by atoms with Gasteiger partial charge in [-0.05, 0) is 59.8 Å². The molecule has 0 bridgehead atoms. The molecular weight excluding hydrogens is 524 g/mol. The number of thioether (sulfide) groups is 1. The molecule has 3 aromatic carbocycles. The van der Waals surface area contributed by atoms with Crippen LogP contribution >= 0.6 is 35.1 Å². The van der Waals surface area contributed by atoms with Crippen molar-refractivity contribution in [1.29, 1.82) is 0 Å². The molecule has 0 amide bonds. The number of hydrogen-bond donors (Lipinski definition) is 2. The maximum atomic E-state index is 11.9. The van der Waals surface area contributed by atoms with Crippen molar-refractivity contribution in [3.8, 4) is 17.1 Å². The molecule has 0 aliphatic rings. The molecule has 0 aliphatic carbocycles. The van der Waals surface area contributed by atoms with Crippen molar-refractivity contribution in [3.05, 3.63) is 92.3 Å². The molecule has 1 heterocycles. The van der Waals surface area contributed by atoms with Gasteiger partial charge < -0.3 is 9.84 Å². The number of hydrogen-bond acceptors (Lipinski definition) is 8. The van der Waals surface area contributed by atoms with Crippen molar-refractivity contribution in [3.63, 3.8) is 0 Å². The molecule has 0 spiro atoms. The van der Waals surface area contributed by atoms with Gasteiger partial charge in [0.1, 0.15) is 10.7 Å². The van der Waals surface area contributed by atoms with Crippen LogP contribution in [0, 0.1) is 10.1 Å². The first-order chi connectivity index (χ1) is 17.3. The van der Waals surface area contributed by atoms with Crippen LogP contribution in [0.1, 0.15) is 5.56 Å². The third kappa shape index (κ3) is 6.06. The number of rotatable bonds is 9. The summed E-state index contributed by atoms with van der Waals surface area (Å²) in [6, 6.07) is 18.8. The smallest absolute Gasteiger partial charge is 0.342 e. The molecular formula is C24H17ClN4O5S2. The SMILES string of the molecule is COc1ccc(Cl)cc1-c1nc(S/C(=C/c2ccc(Sc3ccccc3)c([N+](=O)[O-])c2)C(=O)O)n[nH]1. The first kappa shape index (κ1) is 25.3.